The van der Waals surface area contributed by atoms with Gasteiger partial charge in [-0.15, -0.1) is 0 Å². The topological polar surface area (TPSA) is 103 Å². The van der Waals surface area contributed by atoms with Crippen LogP contribution in [-0.4, -0.2) is 20.2 Å². The zero-order valence-electron chi connectivity index (χ0n) is 19.4. The van der Waals surface area contributed by atoms with Gasteiger partial charge >= 0.3 is 11.7 Å². The van der Waals surface area contributed by atoms with Crippen molar-refractivity contribution >= 4 is 29.1 Å². The minimum atomic E-state index is -1.09. The fraction of sp³-hybridized carbons (Fsp3) is 0.148. The molecular formula is C27H24ClN3O5. The van der Waals surface area contributed by atoms with Crippen LogP contribution in [0.4, 0.5) is 11.5 Å². The van der Waals surface area contributed by atoms with E-state index in [2.05, 4.69) is 5.32 Å². The summed E-state index contributed by atoms with van der Waals surface area (Å²) in [5, 5.41) is 13.0. The summed E-state index contributed by atoms with van der Waals surface area (Å²) < 4.78 is 8.15. The maximum atomic E-state index is 13.3. The molecule has 0 bridgehead atoms. The molecule has 0 fully saturated rings. The van der Waals surface area contributed by atoms with Crippen LogP contribution in [-0.2, 0) is 17.9 Å². The molecule has 1 unspecified atom stereocenters. The Bertz CT molecular complexity index is 1460. The van der Waals surface area contributed by atoms with Crippen molar-refractivity contribution in [1.82, 2.24) is 9.13 Å². The van der Waals surface area contributed by atoms with Crippen molar-refractivity contribution in [2.24, 2.45) is 5.92 Å². The Morgan fingerprint density at radius 2 is 1.58 bits per heavy atom. The van der Waals surface area contributed by atoms with Crippen molar-refractivity contribution in [2.45, 2.75) is 20.0 Å². The van der Waals surface area contributed by atoms with Crippen LogP contribution in [0.25, 0.3) is 0 Å². The summed E-state index contributed by atoms with van der Waals surface area (Å²) in [6.07, 6.45) is 0. The molecule has 1 aromatic heterocycles. The first kappa shape index (κ1) is 24.8. The van der Waals surface area contributed by atoms with Crippen molar-refractivity contribution in [3.8, 4) is 11.5 Å². The predicted molar refractivity (Wildman–Crippen MR) is 139 cm³/mol. The van der Waals surface area contributed by atoms with Crippen molar-refractivity contribution < 1.29 is 14.6 Å². The van der Waals surface area contributed by atoms with Gasteiger partial charge in [-0.2, -0.15) is 0 Å². The molecule has 0 aliphatic carbocycles. The van der Waals surface area contributed by atoms with E-state index in [0.29, 0.717) is 22.2 Å². The van der Waals surface area contributed by atoms with Gasteiger partial charge in [0, 0.05) is 23.3 Å². The van der Waals surface area contributed by atoms with E-state index >= 15 is 0 Å². The summed E-state index contributed by atoms with van der Waals surface area (Å²) in [5.74, 6) is -0.394. The molecule has 0 radical (unpaired) electrons. The monoisotopic (exact) mass is 505 g/mol. The number of carbonyl (C=O) groups is 1. The number of carboxylic acids is 1. The second kappa shape index (κ2) is 11.0. The van der Waals surface area contributed by atoms with E-state index in [1.807, 2.05) is 30.3 Å². The molecule has 0 amide bonds. The van der Waals surface area contributed by atoms with E-state index in [-0.39, 0.29) is 18.9 Å². The molecule has 0 spiro atoms. The average Bonchev–Trinajstić information content (AvgIpc) is 2.87. The number of benzene rings is 3. The molecule has 0 saturated carbocycles. The molecule has 0 aliphatic rings. The molecule has 36 heavy (non-hydrogen) atoms. The first-order valence-corrected chi connectivity index (χ1v) is 11.6. The number of hydrogen-bond acceptors (Lipinski definition) is 5. The second-order valence-corrected chi connectivity index (χ2v) is 8.71. The number of halogens is 1. The summed E-state index contributed by atoms with van der Waals surface area (Å²) in [6.45, 7) is 1.36. The molecule has 0 saturated heterocycles. The third kappa shape index (κ3) is 6.03. The largest absolute Gasteiger partial charge is 0.481 e. The third-order valence-corrected chi connectivity index (χ3v) is 5.77. The van der Waals surface area contributed by atoms with Gasteiger partial charge in [0.05, 0.1) is 12.5 Å². The Kier molecular flexibility index (Phi) is 7.56. The Morgan fingerprint density at radius 3 is 2.22 bits per heavy atom. The standard InChI is InChI=1S/C27H24ClN3O5/c1-18(26(33)34)16-31-25(32)15-24(30(27(31)35)17-19-7-9-20(28)10-8-19)29-21-11-13-23(14-12-21)36-22-5-3-2-4-6-22/h2-15,18,29H,16-17H2,1H3,(H,33,34). The van der Waals surface area contributed by atoms with Gasteiger partial charge in [-0.05, 0) is 54.1 Å². The highest BCUT2D eigenvalue weighted by Crippen LogP contribution is 2.24. The summed E-state index contributed by atoms with van der Waals surface area (Å²) in [5.41, 5.74) is 0.215. The highest BCUT2D eigenvalue weighted by molar-refractivity contribution is 6.30. The van der Waals surface area contributed by atoms with Gasteiger partial charge in [-0.25, -0.2) is 4.79 Å². The van der Waals surface area contributed by atoms with E-state index in [1.54, 1.807) is 48.5 Å². The van der Waals surface area contributed by atoms with Crippen LogP contribution in [0.2, 0.25) is 5.02 Å². The van der Waals surface area contributed by atoms with Crippen LogP contribution in [0.15, 0.2) is 94.5 Å². The zero-order chi connectivity index (χ0) is 25.7. The van der Waals surface area contributed by atoms with Crippen LogP contribution >= 0.6 is 11.6 Å². The van der Waals surface area contributed by atoms with Crippen molar-refractivity contribution in [1.29, 1.82) is 0 Å². The molecule has 8 nitrogen and oxygen atoms in total. The van der Waals surface area contributed by atoms with Gasteiger partial charge in [-0.3, -0.25) is 18.7 Å². The number of nitrogens with one attached hydrogen (secondary N) is 1. The molecule has 4 rings (SSSR count). The number of nitrogens with zero attached hydrogens (tertiary/aromatic N) is 2. The average molecular weight is 506 g/mol. The van der Waals surface area contributed by atoms with Gasteiger partial charge in [-0.1, -0.05) is 48.9 Å². The Hall–Kier alpha value is -4.30. The number of rotatable bonds is 9. The van der Waals surface area contributed by atoms with Crippen molar-refractivity contribution in [3.05, 3.63) is 116 Å². The number of aromatic nitrogens is 2. The molecule has 1 heterocycles. The van der Waals surface area contributed by atoms with Gasteiger partial charge in [0.1, 0.15) is 17.3 Å². The number of hydrogen-bond donors (Lipinski definition) is 2. The van der Waals surface area contributed by atoms with E-state index in [1.165, 1.54) is 17.6 Å². The molecule has 2 N–H and O–H groups in total. The molecule has 4 aromatic rings. The quantitative estimate of drug-likeness (QED) is 0.333. The number of anilines is 2. The van der Waals surface area contributed by atoms with Crippen molar-refractivity contribution in [3.63, 3.8) is 0 Å². The number of ether oxygens (including phenoxy) is 1. The minimum absolute atomic E-state index is 0.148. The second-order valence-electron chi connectivity index (χ2n) is 8.28. The molecular weight excluding hydrogens is 482 g/mol. The molecule has 184 valence electrons. The van der Waals surface area contributed by atoms with E-state index in [4.69, 9.17) is 16.3 Å². The predicted octanol–water partition coefficient (Wildman–Crippen LogP) is 4.97. The Morgan fingerprint density at radius 1 is 0.944 bits per heavy atom. The first-order valence-electron chi connectivity index (χ1n) is 11.2. The Balaban J connectivity index is 1.66. The maximum Gasteiger partial charge on any atom is 0.332 e. The van der Waals surface area contributed by atoms with Crippen LogP contribution in [0.1, 0.15) is 12.5 Å². The van der Waals surface area contributed by atoms with E-state index in [9.17, 15) is 19.5 Å². The summed E-state index contributed by atoms with van der Waals surface area (Å²) in [6, 6.07) is 24.7. The minimum Gasteiger partial charge on any atom is -0.481 e. The number of para-hydroxylation sites is 1. The van der Waals surface area contributed by atoms with E-state index in [0.717, 1.165) is 10.1 Å². The lowest BCUT2D eigenvalue weighted by atomic mass is 10.2. The highest BCUT2D eigenvalue weighted by atomic mass is 35.5. The van der Waals surface area contributed by atoms with Crippen LogP contribution in [0, 0.1) is 5.92 Å². The highest BCUT2D eigenvalue weighted by Gasteiger charge is 2.18. The smallest absolute Gasteiger partial charge is 0.332 e. The lowest BCUT2D eigenvalue weighted by Gasteiger charge is -2.18. The summed E-state index contributed by atoms with van der Waals surface area (Å²) >= 11 is 5.99. The molecule has 3 aromatic carbocycles. The van der Waals surface area contributed by atoms with Crippen LogP contribution < -0.4 is 21.3 Å². The SMILES string of the molecule is CC(Cn1c(=O)cc(Nc2ccc(Oc3ccccc3)cc2)n(Cc2ccc(Cl)cc2)c1=O)C(=O)O. The fourth-order valence-electron chi connectivity index (χ4n) is 3.54. The molecule has 1 atom stereocenters. The van der Waals surface area contributed by atoms with Gasteiger partial charge < -0.3 is 15.2 Å². The Labute approximate surface area is 212 Å². The van der Waals surface area contributed by atoms with Gasteiger partial charge in [0.2, 0.25) is 0 Å². The van der Waals surface area contributed by atoms with Crippen LogP contribution in [0.3, 0.4) is 0 Å². The van der Waals surface area contributed by atoms with Gasteiger partial charge in [0.15, 0.2) is 0 Å². The third-order valence-electron chi connectivity index (χ3n) is 5.52. The zero-order valence-corrected chi connectivity index (χ0v) is 20.2. The fourth-order valence-corrected chi connectivity index (χ4v) is 3.67. The maximum absolute atomic E-state index is 13.3. The van der Waals surface area contributed by atoms with Crippen molar-refractivity contribution in [2.75, 3.05) is 5.32 Å². The normalized spacial score (nSPS) is 11.6. The first-order chi connectivity index (χ1) is 17.3. The lowest BCUT2D eigenvalue weighted by Crippen LogP contribution is -2.42. The molecule has 0 aliphatic heterocycles. The van der Waals surface area contributed by atoms with Crippen LogP contribution in [0.5, 0.6) is 11.5 Å². The molecule has 9 heteroatoms. The lowest BCUT2D eigenvalue weighted by molar-refractivity contribution is -0.141. The number of aliphatic carboxylic acids is 1. The summed E-state index contributed by atoms with van der Waals surface area (Å²) in [7, 11) is 0. The van der Waals surface area contributed by atoms with E-state index < -0.39 is 23.1 Å². The van der Waals surface area contributed by atoms with Gasteiger partial charge in [0.25, 0.3) is 5.56 Å². The number of carboxylic acid groups (broad SMARTS) is 1. The summed E-state index contributed by atoms with van der Waals surface area (Å²) in [4.78, 5) is 37.5.